The van der Waals surface area contributed by atoms with Gasteiger partial charge in [-0.05, 0) is 32.9 Å². The van der Waals surface area contributed by atoms with Gasteiger partial charge < -0.3 is 14.2 Å². The van der Waals surface area contributed by atoms with Crippen molar-refractivity contribution in [1.82, 2.24) is 0 Å². The van der Waals surface area contributed by atoms with Crippen molar-refractivity contribution in [1.29, 1.82) is 0 Å². The zero-order valence-electron chi connectivity index (χ0n) is 14.0. The zero-order chi connectivity index (χ0) is 17.0. The first-order valence-corrected chi connectivity index (χ1v) is 8.98. The number of carbonyl (C=O) groups is 1. The normalized spacial score (nSPS) is 24.9. The van der Waals surface area contributed by atoms with Crippen LogP contribution in [0.2, 0.25) is 0 Å². The molecule has 0 aliphatic carbocycles. The standard InChI is InChI=1S/C17H24O5S/c1-12-5-7-15(8-6-12)23(19)11-14-9-13(10-16(18)20-4)21-17(2,3)22-14/h5-8,13-14H,9-11H2,1-4H3/t13-,14+,23?/m0/s1. The first-order valence-electron chi connectivity index (χ1n) is 7.66. The average molecular weight is 340 g/mol. The van der Waals surface area contributed by atoms with Gasteiger partial charge in [0.05, 0.1) is 42.3 Å². The lowest BCUT2D eigenvalue weighted by molar-refractivity contribution is -0.295. The van der Waals surface area contributed by atoms with Crippen molar-refractivity contribution in [2.75, 3.05) is 12.9 Å². The molecule has 0 aromatic heterocycles. The summed E-state index contributed by atoms with van der Waals surface area (Å²) in [7, 11) is 0.209. The van der Waals surface area contributed by atoms with Crippen LogP contribution in [0, 0.1) is 6.92 Å². The molecule has 3 atom stereocenters. The van der Waals surface area contributed by atoms with E-state index >= 15 is 0 Å². The predicted octanol–water partition coefficient (Wildman–Crippen LogP) is 2.58. The van der Waals surface area contributed by atoms with Gasteiger partial charge in [-0.3, -0.25) is 9.00 Å². The smallest absolute Gasteiger partial charge is 0.308 e. The number of ether oxygens (including phenoxy) is 3. The molecule has 1 aromatic rings. The molecule has 5 nitrogen and oxygen atoms in total. The second-order valence-electron chi connectivity index (χ2n) is 6.22. The summed E-state index contributed by atoms with van der Waals surface area (Å²) in [5.41, 5.74) is 1.13. The summed E-state index contributed by atoms with van der Waals surface area (Å²) < 4.78 is 28.8. The number of aryl methyl sites for hydroxylation is 1. The summed E-state index contributed by atoms with van der Waals surface area (Å²) in [5, 5.41) is 0. The fourth-order valence-electron chi connectivity index (χ4n) is 2.67. The third kappa shape index (κ3) is 5.41. The van der Waals surface area contributed by atoms with Gasteiger partial charge in [-0.15, -0.1) is 0 Å². The van der Waals surface area contributed by atoms with Gasteiger partial charge in [-0.2, -0.15) is 0 Å². The average Bonchev–Trinajstić information content (AvgIpc) is 2.45. The first-order chi connectivity index (χ1) is 10.8. The molecule has 0 amide bonds. The van der Waals surface area contributed by atoms with Crippen molar-refractivity contribution in [2.24, 2.45) is 0 Å². The van der Waals surface area contributed by atoms with Crippen molar-refractivity contribution >= 4 is 16.8 Å². The molecule has 0 saturated carbocycles. The molecule has 0 bridgehead atoms. The van der Waals surface area contributed by atoms with Gasteiger partial charge in [0.15, 0.2) is 5.79 Å². The highest BCUT2D eigenvalue weighted by atomic mass is 32.2. The highest BCUT2D eigenvalue weighted by Gasteiger charge is 2.37. The largest absolute Gasteiger partial charge is 0.469 e. The Morgan fingerprint density at radius 1 is 1.26 bits per heavy atom. The highest BCUT2D eigenvalue weighted by molar-refractivity contribution is 7.85. The maximum Gasteiger partial charge on any atom is 0.308 e. The Morgan fingerprint density at radius 2 is 1.87 bits per heavy atom. The Labute approximate surface area is 139 Å². The summed E-state index contributed by atoms with van der Waals surface area (Å²) in [5.74, 6) is -0.738. The molecule has 1 aromatic carbocycles. The van der Waals surface area contributed by atoms with Gasteiger partial charge in [0.25, 0.3) is 0 Å². The summed E-state index contributed by atoms with van der Waals surface area (Å²) in [6.07, 6.45) is 0.189. The van der Waals surface area contributed by atoms with Crippen LogP contribution in [0.1, 0.15) is 32.3 Å². The molecule has 1 aliphatic heterocycles. The van der Waals surface area contributed by atoms with Crippen molar-refractivity contribution in [3.8, 4) is 0 Å². The van der Waals surface area contributed by atoms with Gasteiger partial charge in [0.2, 0.25) is 0 Å². The Hall–Kier alpha value is -1.24. The molecule has 0 N–H and O–H groups in total. The number of esters is 1. The Balaban J connectivity index is 2.01. The van der Waals surface area contributed by atoms with Crippen molar-refractivity contribution in [3.63, 3.8) is 0 Å². The molecule has 1 saturated heterocycles. The van der Waals surface area contributed by atoms with Gasteiger partial charge in [-0.25, -0.2) is 0 Å². The van der Waals surface area contributed by atoms with Gasteiger partial charge in [0.1, 0.15) is 0 Å². The predicted molar refractivity (Wildman–Crippen MR) is 87.5 cm³/mol. The molecule has 6 heteroatoms. The summed E-state index contributed by atoms with van der Waals surface area (Å²) >= 11 is 0. The molecular formula is C17H24O5S. The number of benzene rings is 1. The summed E-state index contributed by atoms with van der Waals surface area (Å²) in [4.78, 5) is 12.3. The molecule has 128 valence electrons. The van der Waals surface area contributed by atoms with Gasteiger partial charge in [-0.1, -0.05) is 17.7 Å². The van der Waals surface area contributed by atoms with E-state index in [4.69, 9.17) is 14.2 Å². The van der Waals surface area contributed by atoms with Crippen LogP contribution < -0.4 is 0 Å². The maximum atomic E-state index is 12.5. The number of methoxy groups -OCH3 is 1. The Kier molecular flexibility index (Phi) is 5.95. The highest BCUT2D eigenvalue weighted by Crippen LogP contribution is 2.29. The second kappa shape index (κ2) is 7.55. The van der Waals surface area contributed by atoms with Crippen LogP contribution in [0.4, 0.5) is 0 Å². The molecular weight excluding hydrogens is 316 g/mol. The van der Waals surface area contributed by atoms with E-state index < -0.39 is 16.6 Å². The fraction of sp³-hybridized carbons (Fsp3) is 0.588. The van der Waals surface area contributed by atoms with E-state index in [1.165, 1.54) is 7.11 Å². The third-order valence-electron chi connectivity index (χ3n) is 3.67. The van der Waals surface area contributed by atoms with Crippen LogP contribution in [0.25, 0.3) is 0 Å². The molecule has 1 aliphatic rings. The lowest BCUT2D eigenvalue weighted by Gasteiger charge is -2.40. The Morgan fingerprint density at radius 3 is 2.48 bits per heavy atom. The van der Waals surface area contributed by atoms with Crippen LogP contribution in [0.3, 0.4) is 0 Å². The van der Waals surface area contributed by atoms with Crippen LogP contribution in [0.5, 0.6) is 0 Å². The number of rotatable bonds is 5. The van der Waals surface area contributed by atoms with Crippen LogP contribution in [-0.2, 0) is 29.8 Å². The van der Waals surface area contributed by atoms with E-state index in [2.05, 4.69) is 0 Å². The molecule has 2 rings (SSSR count). The first kappa shape index (κ1) is 18.1. The van der Waals surface area contributed by atoms with Crippen molar-refractivity contribution < 1.29 is 23.2 Å². The minimum Gasteiger partial charge on any atom is -0.469 e. The monoisotopic (exact) mass is 340 g/mol. The van der Waals surface area contributed by atoms with E-state index in [1.54, 1.807) is 13.8 Å². The molecule has 23 heavy (non-hydrogen) atoms. The van der Waals surface area contributed by atoms with Crippen LogP contribution >= 0.6 is 0 Å². The molecule has 0 radical (unpaired) electrons. The fourth-order valence-corrected chi connectivity index (χ4v) is 3.85. The minimum absolute atomic E-state index is 0.178. The summed E-state index contributed by atoms with van der Waals surface area (Å²) in [6.45, 7) is 5.60. The number of carbonyl (C=O) groups excluding carboxylic acids is 1. The van der Waals surface area contributed by atoms with Crippen LogP contribution in [-0.4, -0.2) is 41.0 Å². The number of hydrogen-bond donors (Lipinski definition) is 0. The third-order valence-corrected chi connectivity index (χ3v) is 5.14. The van der Waals surface area contributed by atoms with E-state index in [-0.39, 0.29) is 24.6 Å². The van der Waals surface area contributed by atoms with Gasteiger partial charge in [0, 0.05) is 11.3 Å². The van der Waals surface area contributed by atoms with E-state index in [1.807, 2.05) is 31.2 Å². The van der Waals surface area contributed by atoms with E-state index in [0.717, 1.165) is 10.5 Å². The molecule has 1 fully saturated rings. The second-order valence-corrected chi connectivity index (χ2v) is 7.72. The van der Waals surface area contributed by atoms with Crippen molar-refractivity contribution in [2.45, 2.75) is 56.5 Å². The van der Waals surface area contributed by atoms with Crippen LogP contribution in [0.15, 0.2) is 29.2 Å². The lowest BCUT2D eigenvalue weighted by Crippen LogP contribution is -2.47. The van der Waals surface area contributed by atoms with Crippen molar-refractivity contribution in [3.05, 3.63) is 29.8 Å². The SMILES string of the molecule is COC(=O)C[C@@H]1C[C@H](CS(=O)c2ccc(C)cc2)OC(C)(C)O1. The topological polar surface area (TPSA) is 61.8 Å². The zero-order valence-corrected chi connectivity index (χ0v) is 14.9. The van der Waals surface area contributed by atoms with E-state index in [0.29, 0.717) is 12.2 Å². The minimum atomic E-state index is -1.15. The number of hydrogen-bond acceptors (Lipinski definition) is 5. The Bertz CT molecular complexity index is 567. The summed E-state index contributed by atoms with van der Waals surface area (Å²) in [6, 6.07) is 7.65. The molecule has 1 heterocycles. The molecule has 1 unspecified atom stereocenters. The quantitative estimate of drug-likeness (QED) is 0.771. The van der Waals surface area contributed by atoms with E-state index in [9.17, 15) is 9.00 Å². The maximum absolute atomic E-state index is 12.5. The lowest BCUT2D eigenvalue weighted by atomic mass is 10.1. The van der Waals surface area contributed by atoms with Gasteiger partial charge >= 0.3 is 5.97 Å². The molecule has 0 spiro atoms.